The molecule has 0 aliphatic rings. The van der Waals surface area contributed by atoms with Crippen LogP contribution in [0.2, 0.25) is 0 Å². The van der Waals surface area contributed by atoms with Crippen LogP contribution < -0.4 is 10.9 Å². The third kappa shape index (κ3) is 4.99. The minimum Gasteiger partial charge on any atom is -0.381 e. The molecule has 1 rings (SSSR count). The molecule has 0 fully saturated rings. The van der Waals surface area contributed by atoms with E-state index in [0.29, 0.717) is 19.2 Å². The van der Waals surface area contributed by atoms with E-state index < -0.39 is 0 Å². The number of aromatic nitrogens is 2. The second-order valence-electron chi connectivity index (χ2n) is 4.22. The van der Waals surface area contributed by atoms with Gasteiger partial charge in [-0.15, -0.1) is 0 Å². The first-order valence-electron chi connectivity index (χ1n) is 6.05. The highest BCUT2D eigenvalue weighted by Crippen LogP contribution is 2.01. The average molecular weight is 239 g/mol. The van der Waals surface area contributed by atoms with E-state index in [4.69, 9.17) is 4.74 Å². The molecule has 0 aliphatic heterocycles. The van der Waals surface area contributed by atoms with Crippen LogP contribution in [0.25, 0.3) is 0 Å². The first-order valence-corrected chi connectivity index (χ1v) is 6.05. The summed E-state index contributed by atoms with van der Waals surface area (Å²) in [6, 6.07) is 1.85. The number of nitrogens with zero attached hydrogens (tertiary/aromatic N) is 2. The fourth-order valence-electron chi connectivity index (χ4n) is 1.41. The van der Waals surface area contributed by atoms with Gasteiger partial charge < -0.3 is 10.1 Å². The normalized spacial score (nSPS) is 10.8. The van der Waals surface area contributed by atoms with Crippen molar-refractivity contribution >= 4 is 5.69 Å². The van der Waals surface area contributed by atoms with Gasteiger partial charge in [-0.3, -0.25) is 4.79 Å². The Morgan fingerprint density at radius 2 is 2.24 bits per heavy atom. The van der Waals surface area contributed by atoms with Crippen LogP contribution in [-0.4, -0.2) is 29.0 Å². The van der Waals surface area contributed by atoms with Gasteiger partial charge in [0, 0.05) is 18.7 Å². The van der Waals surface area contributed by atoms with Crippen molar-refractivity contribution in [2.24, 2.45) is 0 Å². The highest BCUT2D eigenvalue weighted by atomic mass is 16.5. The topological polar surface area (TPSA) is 56.1 Å². The Labute approximate surface area is 102 Å². The zero-order chi connectivity index (χ0) is 12.7. The van der Waals surface area contributed by atoms with Gasteiger partial charge in [-0.2, -0.15) is 5.10 Å². The predicted molar refractivity (Wildman–Crippen MR) is 68.4 cm³/mol. The number of hydrogen-bond acceptors (Lipinski definition) is 4. The van der Waals surface area contributed by atoms with Crippen molar-refractivity contribution < 1.29 is 4.74 Å². The molecule has 1 heterocycles. The van der Waals surface area contributed by atoms with Crippen LogP contribution >= 0.6 is 0 Å². The van der Waals surface area contributed by atoms with Crippen LogP contribution in [0.3, 0.4) is 0 Å². The second-order valence-corrected chi connectivity index (χ2v) is 4.22. The van der Waals surface area contributed by atoms with Crippen molar-refractivity contribution in [1.29, 1.82) is 0 Å². The van der Waals surface area contributed by atoms with Gasteiger partial charge in [-0.25, -0.2) is 4.68 Å². The zero-order valence-corrected chi connectivity index (χ0v) is 10.8. The molecule has 0 aromatic carbocycles. The van der Waals surface area contributed by atoms with Gasteiger partial charge in [-0.05, 0) is 20.3 Å². The highest BCUT2D eigenvalue weighted by Gasteiger charge is 2.01. The number of nitrogens with one attached hydrogen (secondary N) is 1. The monoisotopic (exact) mass is 239 g/mol. The molecule has 0 radical (unpaired) electrons. The molecule has 1 aromatic rings. The first kappa shape index (κ1) is 13.7. The minimum absolute atomic E-state index is 0.101. The maximum Gasteiger partial charge on any atom is 0.268 e. The number of hydrogen-bond donors (Lipinski definition) is 1. The molecular formula is C12H21N3O2. The lowest BCUT2D eigenvalue weighted by molar-refractivity contribution is 0.123. The van der Waals surface area contributed by atoms with Gasteiger partial charge in [0.25, 0.3) is 5.56 Å². The van der Waals surface area contributed by atoms with Gasteiger partial charge in [-0.1, -0.05) is 6.92 Å². The van der Waals surface area contributed by atoms with Crippen LogP contribution in [0, 0.1) is 0 Å². The average Bonchev–Trinajstić information content (AvgIpc) is 2.26. The lowest BCUT2D eigenvalue weighted by Gasteiger charge is -2.10. The highest BCUT2D eigenvalue weighted by molar-refractivity contribution is 5.39. The fourth-order valence-corrected chi connectivity index (χ4v) is 1.41. The van der Waals surface area contributed by atoms with Crippen molar-refractivity contribution in [3.05, 3.63) is 22.6 Å². The molecule has 0 aliphatic carbocycles. The Kier molecular flexibility index (Phi) is 5.69. The molecule has 0 saturated heterocycles. The Bertz CT molecular complexity index is 388. The number of ether oxygens (including phenoxy) is 1. The standard InChI is InChI=1S/C12H21N3O2/c1-4-6-17-7-5-15-12(16)8-11(9-13-15)14-10(2)3/h8-10,14H,4-7H2,1-3H3. The summed E-state index contributed by atoms with van der Waals surface area (Å²) in [4.78, 5) is 11.7. The van der Waals surface area contributed by atoms with E-state index in [1.54, 1.807) is 12.3 Å². The zero-order valence-electron chi connectivity index (χ0n) is 10.8. The summed E-state index contributed by atoms with van der Waals surface area (Å²) >= 11 is 0. The van der Waals surface area contributed by atoms with E-state index in [1.807, 2.05) is 13.8 Å². The van der Waals surface area contributed by atoms with Crippen LogP contribution in [0.5, 0.6) is 0 Å². The van der Waals surface area contributed by atoms with Gasteiger partial charge >= 0.3 is 0 Å². The summed E-state index contributed by atoms with van der Waals surface area (Å²) in [5.74, 6) is 0. The first-order chi connectivity index (χ1) is 8.13. The molecule has 1 N–H and O–H groups in total. The molecular weight excluding hydrogens is 218 g/mol. The number of rotatable bonds is 7. The molecule has 5 nitrogen and oxygen atoms in total. The second kappa shape index (κ2) is 7.06. The molecule has 96 valence electrons. The lowest BCUT2D eigenvalue weighted by atomic mass is 10.3. The Morgan fingerprint density at radius 3 is 2.82 bits per heavy atom. The third-order valence-corrected chi connectivity index (χ3v) is 2.12. The van der Waals surface area contributed by atoms with Crippen LogP contribution in [0.1, 0.15) is 27.2 Å². The molecule has 0 spiro atoms. The quantitative estimate of drug-likeness (QED) is 0.732. The number of anilines is 1. The van der Waals surface area contributed by atoms with Crippen molar-refractivity contribution in [1.82, 2.24) is 9.78 Å². The van der Waals surface area contributed by atoms with Crippen molar-refractivity contribution in [3.8, 4) is 0 Å². The molecule has 5 heteroatoms. The largest absolute Gasteiger partial charge is 0.381 e. The molecule has 17 heavy (non-hydrogen) atoms. The molecule has 1 aromatic heterocycles. The summed E-state index contributed by atoms with van der Waals surface area (Å²) in [5, 5.41) is 7.23. The summed E-state index contributed by atoms with van der Waals surface area (Å²) in [6.07, 6.45) is 2.65. The van der Waals surface area contributed by atoms with Gasteiger partial charge in [0.2, 0.25) is 0 Å². The van der Waals surface area contributed by atoms with E-state index in [-0.39, 0.29) is 5.56 Å². The smallest absolute Gasteiger partial charge is 0.268 e. The summed E-state index contributed by atoms with van der Waals surface area (Å²) in [5.41, 5.74) is 0.659. The Hall–Kier alpha value is -1.36. The summed E-state index contributed by atoms with van der Waals surface area (Å²) in [7, 11) is 0. The molecule has 0 atom stereocenters. The molecule has 0 bridgehead atoms. The van der Waals surface area contributed by atoms with E-state index in [0.717, 1.165) is 18.7 Å². The Morgan fingerprint density at radius 1 is 1.47 bits per heavy atom. The van der Waals surface area contributed by atoms with Gasteiger partial charge in [0.1, 0.15) is 0 Å². The van der Waals surface area contributed by atoms with Gasteiger partial charge in [0.05, 0.1) is 25.0 Å². The van der Waals surface area contributed by atoms with Crippen LogP contribution in [-0.2, 0) is 11.3 Å². The Balaban J connectivity index is 2.54. The predicted octanol–water partition coefficient (Wildman–Crippen LogP) is 1.49. The van der Waals surface area contributed by atoms with E-state index >= 15 is 0 Å². The van der Waals surface area contributed by atoms with Crippen molar-refractivity contribution in [2.45, 2.75) is 39.8 Å². The van der Waals surface area contributed by atoms with Crippen molar-refractivity contribution in [3.63, 3.8) is 0 Å². The lowest BCUT2D eigenvalue weighted by Crippen LogP contribution is -2.25. The van der Waals surface area contributed by atoms with E-state index in [1.165, 1.54) is 4.68 Å². The molecule has 0 amide bonds. The fraction of sp³-hybridized carbons (Fsp3) is 0.667. The molecule has 0 unspecified atom stereocenters. The summed E-state index contributed by atoms with van der Waals surface area (Å²) in [6.45, 7) is 7.84. The third-order valence-electron chi connectivity index (χ3n) is 2.12. The molecule has 0 saturated carbocycles. The van der Waals surface area contributed by atoms with Crippen LogP contribution in [0.4, 0.5) is 5.69 Å². The maximum absolute atomic E-state index is 11.7. The van der Waals surface area contributed by atoms with E-state index in [9.17, 15) is 4.79 Å². The van der Waals surface area contributed by atoms with Crippen molar-refractivity contribution in [2.75, 3.05) is 18.5 Å². The van der Waals surface area contributed by atoms with Gasteiger partial charge in [0.15, 0.2) is 0 Å². The SMILES string of the molecule is CCCOCCn1ncc(NC(C)C)cc1=O. The maximum atomic E-state index is 11.7. The summed E-state index contributed by atoms with van der Waals surface area (Å²) < 4.78 is 6.74. The van der Waals surface area contributed by atoms with Crippen LogP contribution in [0.15, 0.2) is 17.1 Å². The minimum atomic E-state index is -0.101. The van der Waals surface area contributed by atoms with E-state index in [2.05, 4.69) is 17.3 Å².